The first-order valence-corrected chi connectivity index (χ1v) is 14.9. The maximum Gasteiger partial charge on any atom is 0.264 e. The molecule has 0 heterocycles. The SMILES string of the molecule is CCCNC(=O)[C@@H](CC)N(Cc1ccccc1Cl)C(=O)CN(c1cccc(C)c1C)S(=O)(=O)c1ccccc1. The second-order valence-electron chi connectivity index (χ2n) is 9.37. The standard InChI is InChI=1S/C30H36ClN3O4S/c1-5-19-32-30(36)27(6-2)33(20-24-14-10-11-17-26(24)31)29(35)21-34(28-18-12-13-22(3)23(28)4)39(37,38)25-15-8-7-9-16-25/h7-18,27H,5-6,19-21H2,1-4H3,(H,32,36)/t27-/m1/s1. The Balaban J connectivity index is 2.09. The van der Waals surface area contributed by atoms with Gasteiger partial charge >= 0.3 is 0 Å². The van der Waals surface area contributed by atoms with Gasteiger partial charge in [0.1, 0.15) is 12.6 Å². The minimum atomic E-state index is -4.11. The molecule has 1 N–H and O–H groups in total. The Morgan fingerprint density at radius 2 is 1.59 bits per heavy atom. The molecule has 0 aromatic heterocycles. The molecule has 39 heavy (non-hydrogen) atoms. The van der Waals surface area contributed by atoms with Crippen molar-refractivity contribution in [2.24, 2.45) is 0 Å². The summed E-state index contributed by atoms with van der Waals surface area (Å²) in [6.45, 7) is 7.54. The summed E-state index contributed by atoms with van der Waals surface area (Å²) in [5, 5.41) is 3.34. The van der Waals surface area contributed by atoms with Gasteiger partial charge in [0.25, 0.3) is 10.0 Å². The van der Waals surface area contributed by atoms with E-state index in [2.05, 4.69) is 5.32 Å². The second-order valence-corrected chi connectivity index (χ2v) is 11.6. The third kappa shape index (κ3) is 7.19. The molecule has 3 rings (SSSR count). The molecular formula is C30H36ClN3O4S. The van der Waals surface area contributed by atoms with E-state index in [1.165, 1.54) is 17.0 Å². The summed E-state index contributed by atoms with van der Waals surface area (Å²) in [5.74, 6) is -0.794. The van der Waals surface area contributed by atoms with Crippen molar-refractivity contribution < 1.29 is 18.0 Å². The molecule has 2 amide bonds. The van der Waals surface area contributed by atoms with E-state index in [0.29, 0.717) is 29.2 Å². The van der Waals surface area contributed by atoms with E-state index in [0.717, 1.165) is 21.9 Å². The number of carbonyl (C=O) groups excluding carboxylic acids is 2. The Morgan fingerprint density at radius 3 is 2.23 bits per heavy atom. The highest BCUT2D eigenvalue weighted by molar-refractivity contribution is 7.92. The molecule has 0 fully saturated rings. The van der Waals surface area contributed by atoms with Crippen LogP contribution in [0.5, 0.6) is 0 Å². The molecular weight excluding hydrogens is 534 g/mol. The van der Waals surface area contributed by atoms with Crippen molar-refractivity contribution >= 4 is 39.1 Å². The molecule has 0 saturated carbocycles. The second kappa shape index (κ2) is 13.6. The van der Waals surface area contributed by atoms with Gasteiger partial charge in [-0.2, -0.15) is 0 Å². The topological polar surface area (TPSA) is 86.8 Å². The number of sulfonamides is 1. The van der Waals surface area contributed by atoms with Crippen molar-refractivity contribution in [1.82, 2.24) is 10.2 Å². The van der Waals surface area contributed by atoms with Crippen molar-refractivity contribution in [3.63, 3.8) is 0 Å². The fourth-order valence-corrected chi connectivity index (χ4v) is 6.02. The van der Waals surface area contributed by atoms with Crippen LogP contribution in [0.4, 0.5) is 5.69 Å². The average molecular weight is 570 g/mol. The Morgan fingerprint density at radius 1 is 0.923 bits per heavy atom. The predicted octanol–water partition coefficient (Wildman–Crippen LogP) is 5.49. The van der Waals surface area contributed by atoms with Gasteiger partial charge in [0.15, 0.2) is 0 Å². The first-order valence-electron chi connectivity index (χ1n) is 13.1. The van der Waals surface area contributed by atoms with Crippen LogP contribution in [0.1, 0.15) is 43.4 Å². The maximum atomic E-state index is 14.1. The first kappa shape index (κ1) is 30.2. The highest BCUT2D eigenvalue weighted by Crippen LogP contribution is 2.29. The highest BCUT2D eigenvalue weighted by Gasteiger charge is 2.34. The number of rotatable bonds is 12. The average Bonchev–Trinajstić information content (AvgIpc) is 2.93. The number of hydrogen-bond acceptors (Lipinski definition) is 4. The van der Waals surface area contributed by atoms with Gasteiger partial charge in [-0.1, -0.05) is 74.0 Å². The predicted molar refractivity (Wildman–Crippen MR) is 156 cm³/mol. The Labute approximate surface area is 236 Å². The Hall–Kier alpha value is -3.36. The maximum absolute atomic E-state index is 14.1. The lowest BCUT2D eigenvalue weighted by atomic mass is 10.1. The van der Waals surface area contributed by atoms with Crippen molar-refractivity contribution in [2.75, 3.05) is 17.4 Å². The summed E-state index contributed by atoms with van der Waals surface area (Å²) in [7, 11) is -4.11. The fraction of sp³-hybridized carbons (Fsp3) is 0.333. The van der Waals surface area contributed by atoms with Gasteiger partial charge < -0.3 is 10.2 Å². The van der Waals surface area contributed by atoms with Crippen LogP contribution in [0.3, 0.4) is 0 Å². The van der Waals surface area contributed by atoms with E-state index in [4.69, 9.17) is 11.6 Å². The minimum Gasteiger partial charge on any atom is -0.354 e. The monoisotopic (exact) mass is 569 g/mol. The van der Waals surface area contributed by atoms with E-state index in [9.17, 15) is 18.0 Å². The van der Waals surface area contributed by atoms with Crippen molar-refractivity contribution in [3.05, 3.63) is 94.5 Å². The molecule has 0 aliphatic heterocycles. The smallest absolute Gasteiger partial charge is 0.264 e. The van der Waals surface area contributed by atoms with E-state index < -0.39 is 28.5 Å². The van der Waals surface area contributed by atoms with Crippen molar-refractivity contribution in [1.29, 1.82) is 0 Å². The van der Waals surface area contributed by atoms with E-state index in [1.54, 1.807) is 48.5 Å². The largest absolute Gasteiger partial charge is 0.354 e. The van der Waals surface area contributed by atoms with Gasteiger partial charge in [0.05, 0.1) is 10.6 Å². The van der Waals surface area contributed by atoms with E-state index in [1.807, 2.05) is 39.8 Å². The van der Waals surface area contributed by atoms with Crippen molar-refractivity contribution in [3.8, 4) is 0 Å². The minimum absolute atomic E-state index is 0.0581. The van der Waals surface area contributed by atoms with Gasteiger partial charge in [0.2, 0.25) is 11.8 Å². The number of aryl methyl sites for hydroxylation is 1. The van der Waals surface area contributed by atoms with E-state index in [-0.39, 0.29) is 17.3 Å². The number of halogens is 1. The molecule has 3 aromatic carbocycles. The molecule has 0 unspecified atom stereocenters. The molecule has 7 nitrogen and oxygen atoms in total. The molecule has 1 atom stereocenters. The highest BCUT2D eigenvalue weighted by atomic mass is 35.5. The third-order valence-electron chi connectivity index (χ3n) is 6.69. The molecule has 0 spiro atoms. The summed E-state index contributed by atoms with van der Waals surface area (Å²) >= 11 is 6.43. The number of hydrogen-bond donors (Lipinski definition) is 1. The van der Waals surface area contributed by atoms with E-state index >= 15 is 0 Å². The molecule has 0 saturated heterocycles. The summed E-state index contributed by atoms with van der Waals surface area (Å²) in [6.07, 6.45) is 1.09. The molecule has 208 valence electrons. The zero-order chi connectivity index (χ0) is 28.6. The number of carbonyl (C=O) groups is 2. The number of anilines is 1. The summed E-state index contributed by atoms with van der Waals surface area (Å²) in [4.78, 5) is 28.8. The zero-order valence-corrected chi connectivity index (χ0v) is 24.4. The molecule has 0 bridgehead atoms. The van der Waals surface area contributed by atoms with Crippen LogP contribution in [0.25, 0.3) is 0 Å². The quantitative estimate of drug-likeness (QED) is 0.313. The Bertz CT molecular complexity index is 1400. The molecule has 0 aliphatic carbocycles. The Kier molecular flexibility index (Phi) is 10.5. The summed E-state index contributed by atoms with van der Waals surface area (Å²) in [6, 6.07) is 19.7. The molecule has 0 aliphatic rings. The lowest BCUT2D eigenvalue weighted by molar-refractivity contribution is -0.140. The molecule has 9 heteroatoms. The summed E-state index contributed by atoms with van der Waals surface area (Å²) < 4.78 is 29.0. The lowest BCUT2D eigenvalue weighted by Crippen LogP contribution is -2.52. The van der Waals surface area contributed by atoms with Crippen LogP contribution in [-0.2, 0) is 26.2 Å². The van der Waals surface area contributed by atoms with Crippen LogP contribution in [0, 0.1) is 13.8 Å². The van der Waals surface area contributed by atoms with Gasteiger partial charge in [-0.05, 0) is 67.6 Å². The number of nitrogens with one attached hydrogen (secondary N) is 1. The zero-order valence-electron chi connectivity index (χ0n) is 22.9. The van der Waals surface area contributed by atoms with Gasteiger partial charge in [-0.25, -0.2) is 8.42 Å². The number of amides is 2. The van der Waals surface area contributed by atoms with Crippen molar-refractivity contribution in [2.45, 2.75) is 58.0 Å². The fourth-order valence-electron chi connectivity index (χ4n) is 4.33. The number of nitrogens with zero attached hydrogens (tertiary/aromatic N) is 2. The third-order valence-corrected chi connectivity index (χ3v) is 8.83. The van der Waals surface area contributed by atoms with Gasteiger partial charge in [-0.15, -0.1) is 0 Å². The van der Waals surface area contributed by atoms with Crippen LogP contribution >= 0.6 is 11.6 Å². The summed E-state index contributed by atoms with van der Waals surface area (Å²) in [5.41, 5.74) is 2.72. The number of benzene rings is 3. The van der Waals surface area contributed by atoms with Gasteiger partial charge in [-0.3, -0.25) is 13.9 Å². The van der Waals surface area contributed by atoms with Crippen LogP contribution in [0.15, 0.2) is 77.7 Å². The lowest BCUT2D eigenvalue weighted by Gasteiger charge is -2.34. The first-order chi connectivity index (χ1) is 18.6. The van der Waals surface area contributed by atoms with Gasteiger partial charge in [0, 0.05) is 18.1 Å². The van der Waals surface area contributed by atoms with Crippen LogP contribution in [-0.4, -0.2) is 44.3 Å². The molecule has 3 aromatic rings. The van der Waals surface area contributed by atoms with Crippen LogP contribution < -0.4 is 9.62 Å². The normalized spacial score (nSPS) is 12.0. The van der Waals surface area contributed by atoms with Crippen LogP contribution in [0.2, 0.25) is 5.02 Å². The molecule has 0 radical (unpaired) electrons.